The van der Waals surface area contributed by atoms with E-state index >= 15 is 0 Å². The van der Waals surface area contributed by atoms with E-state index in [0.717, 1.165) is 17.1 Å². The molecule has 1 aromatic carbocycles. The van der Waals surface area contributed by atoms with Crippen LogP contribution in [0.4, 0.5) is 0 Å². The van der Waals surface area contributed by atoms with Gasteiger partial charge in [-0.1, -0.05) is 6.07 Å². The van der Waals surface area contributed by atoms with Gasteiger partial charge in [0, 0.05) is 19.7 Å². The molecular formula is C15H18N2O3. The van der Waals surface area contributed by atoms with Crippen LogP contribution < -0.4 is 9.47 Å². The molecule has 1 aromatic rings. The maximum absolute atomic E-state index is 12.2. The van der Waals surface area contributed by atoms with Crippen molar-refractivity contribution >= 4 is 5.91 Å². The zero-order chi connectivity index (χ0) is 14.5. The van der Waals surface area contributed by atoms with Gasteiger partial charge in [0.1, 0.15) is 18.1 Å². The van der Waals surface area contributed by atoms with Gasteiger partial charge in [-0.05, 0) is 18.1 Å². The average molecular weight is 274 g/mol. The number of methoxy groups -OCH3 is 1. The molecule has 0 saturated heterocycles. The highest BCUT2D eigenvalue weighted by Gasteiger charge is 2.28. The van der Waals surface area contributed by atoms with Crippen molar-refractivity contribution in [2.45, 2.75) is 12.8 Å². The molecule has 1 amide bonds. The Hall–Kier alpha value is -2.22. The van der Waals surface area contributed by atoms with Gasteiger partial charge >= 0.3 is 0 Å². The molecule has 1 aliphatic heterocycles. The van der Waals surface area contributed by atoms with E-state index in [9.17, 15) is 4.79 Å². The number of nitrogens with zero attached hydrogens (tertiary/aromatic N) is 2. The monoisotopic (exact) mass is 274 g/mol. The maximum Gasteiger partial charge on any atom is 0.229 e. The van der Waals surface area contributed by atoms with Crippen molar-refractivity contribution in [1.29, 1.82) is 5.26 Å². The lowest BCUT2D eigenvalue weighted by Gasteiger charge is -2.28. The lowest BCUT2D eigenvalue weighted by atomic mass is 9.95. The predicted octanol–water partition coefficient (Wildman–Crippen LogP) is 1.62. The van der Waals surface area contributed by atoms with Crippen LogP contribution in [0.1, 0.15) is 12.0 Å². The van der Waals surface area contributed by atoms with Crippen LogP contribution in [0.15, 0.2) is 18.2 Å². The number of hydrogen-bond donors (Lipinski definition) is 0. The topological polar surface area (TPSA) is 62.6 Å². The average Bonchev–Trinajstić information content (AvgIpc) is 2.50. The molecule has 0 N–H and O–H groups in total. The highest BCUT2D eigenvalue weighted by Crippen LogP contribution is 2.31. The van der Waals surface area contributed by atoms with Gasteiger partial charge < -0.3 is 14.4 Å². The van der Waals surface area contributed by atoms with Crippen molar-refractivity contribution in [2.24, 2.45) is 5.92 Å². The molecule has 1 aliphatic rings. The number of rotatable bonds is 4. The van der Waals surface area contributed by atoms with Crippen molar-refractivity contribution < 1.29 is 14.3 Å². The van der Waals surface area contributed by atoms with Crippen LogP contribution >= 0.6 is 0 Å². The van der Waals surface area contributed by atoms with Crippen LogP contribution in [0.5, 0.6) is 11.5 Å². The Morgan fingerprint density at radius 3 is 3.10 bits per heavy atom. The lowest BCUT2D eigenvalue weighted by molar-refractivity contribution is -0.135. The standard InChI is InChI=1S/C15H18N2O3/c1-17(7-3-6-16)15(18)12-8-11-4-5-13(19-2)9-14(11)20-10-12/h4-5,9,12H,3,7-8,10H2,1-2H3/t12-/m1/s1. The molecule has 0 bridgehead atoms. The normalized spacial score (nSPS) is 16.6. The summed E-state index contributed by atoms with van der Waals surface area (Å²) in [6.07, 6.45) is 1.01. The van der Waals surface area contributed by atoms with Crippen LogP contribution in [-0.2, 0) is 11.2 Å². The highest BCUT2D eigenvalue weighted by molar-refractivity contribution is 5.79. The third-order valence-electron chi connectivity index (χ3n) is 3.47. The van der Waals surface area contributed by atoms with E-state index in [4.69, 9.17) is 14.7 Å². The summed E-state index contributed by atoms with van der Waals surface area (Å²) in [5.41, 5.74) is 1.02. The molecule has 1 heterocycles. The number of nitriles is 1. The first-order chi connectivity index (χ1) is 9.65. The van der Waals surface area contributed by atoms with Crippen molar-refractivity contribution in [2.75, 3.05) is 27.3 Å². The number of fused-ring (bicyclic) bond motifs is 1. The quantitative estimate of drug-likeness (QED) is 0.837. The van der Waals surface area contributed by atoms with Gasteiger partial charge in [0.05, 0.1) is 25.5 Å². The Bertz CT molecular complexity index is 536. The fourth-order valence-electron chi connectivity index (χ4n) is 2.28. The van der Waals surface area contributed by atoms with Crippen LogP contribution in [0, 0.1) is 17.2 Å². The summed E-state index contributed by atoms with van der Waals surface area (Å²) in [6, 6.07) is 7.69. The summed E-state index contributed by atoms with van der Waals surface area (Å²) < 4.78 is 10.8. The summed E-state index contributed by atoms with van der Waals surface area (Å²) in [4.78, 5) is 13.9. The first-order valence-electron chi connectivity index (χ1n) is 6.57. The zero-order valence-corrected chi connectivity index (χ0v) is 11.8. The van der Waals surface area contributed by atoms with Gasteiger partial charge in [0.2, 0.25) is 5.91 Å². The Labute approximate surface area is 118 Å². The third kappa shape index (κ3) is 3.02. The molecule has 1 atom stereocenters. The maximum atomic E-state index is 12.2. The SMILES string of the molecule is COc1ccc2c(c1)OC[C@H](C(=O)N(C)CCC#N)C2. The van der Waals surface area contributed by atoms with E-state index in [0.29, 0.717) is 26.0 Å². The Balaban J connectivity index is 2.04. The Morgan fingerprint density at radius 2 is 2.40 bits per heavy atom. The van der Waals surface area contributed by atoms with E-state index < -0.39 is 0 Å². The van der Waals surface area contributed by atoms with Gasteiger partial charge in [-0.2, -0.15) is 5.26 Å². The van der Waals surface area contributed by atoms with Crippen LogP contribution in [0.25, 0.3) is 0 Å². The summed E-state index contributed by atoms with van der Waals surface area (Å²) in [6.45, 7) is 0.831. The van der Waals surface area contributed by atoms with Gasteiger partial charge in [-0.3, -0.25) is 4.79 Å². The number of benzene rings is 1. The summed E-state index contributed by atoms with van der Waals surface area (Å²) in [5.74, 6) is 1.38. The third-order valence-corrected chi connectivity index (χ3v) is 3.47. The number of ether oxygens (including phenoxy) is 2. The molecule has 0 radical (unpaired) electrons. The molecule has 0 saturated carbocycles. The highest BCUT2D eigenvalue weighted by atomic mass is 16.5. The van der Waals surface area contributed by atoms with Crippen molar-refractivity contribution in [3.8, 4) is 17.6 Å². The van der Waals surface area contributed by atoms with Crippen LogP contribution in [0.2, 0.25) is 0 Å². The lowest BCUT2D eigenvalue weighted by Crippen LogP contribution is -2.39. The van der Waals surface area contributed by atoms with E-state index in [2.05, 4.69) is 0 Å². The molecule has 2 rings (SSSR count). The largest absolute Gasteiger partial charge is 0.497 e. The molecule has 0 aromatic heterocycles. The summed E-state index contributed by atoms with van der Waals surface area (Å²) >= 11 is 0. The minimum atomic E-state index is -0.181. The summed E-state index contributed by atoms with van der Waals surface area (Å²) in [5, 5.41) is 8.56. The second-order valence-corrected chi connectivity index (χ2v) is 4.85. The Morgan fingerprint density at radius 1 is 1.60 bits per heavy atom. The van der Waals surface area contributed by atoms with Crippen LogP contribution in [0.3, 0.4) is 0 Å². The minimum Gasteiger partial charge on any atom is -0.497 e. The minimum absolute atomic E-state index is 0.0294. The second-order valence-electron chi connectivity index (χ2n) is 4.85. The van der Waals surface area contributed by atoms with Crippen molar-refractivity contribution in [3.05, 3.63) is 23.8 Å². The van der Waals surface area contributed by atoms with Gasteiger partial charge in [-0.25, -0.2) is 0 Å². The first kappa shape index (κ1) is 14.2. The molecule has 0 spiro atoms. The Kier molecular flexibility index (Phi) is 4.46. The van der Waals surface area contributed by atoms with Crippen molar-refractivity contribution in [3.63, 3.8) is 0 Å². The molecule has 106 valence electrons. The van der Waals surface area contributed by atoms with Gasteiger partial charge in [-0.15, -0.1) is 0 Å². The summed E-state index contributed by atoms with van der Waals surface area (Å²) in [7, 11) is 3.34. The predicted molar refractivity (Wildman–Crippen MR) is 73.6 cm³/mol. The number of carbonyl (C=O) groups is 1. The molecule has 0 unspecified atom stereocenters. The van der Waals surface area contributed by atoms with Crippen LogP contribution in [-0.4, -0.2) is 38.1 Å². The van der Waals surface area contributed by atoms with E-state index in [1.54, 1.807) is 19.1 Å². The second kappa shape index (κ2) is 6.29. The fourth-order valence-corrected chi connectivity index (χ4v) is 2.28. The number of hydrogen-bond acceptors (Lipinski definition) is 4. The molecule has 0 fully saturated rings. The van der Waals surface area contributed by atoms with E-state index in [1.807, 2.05) is 24.3 Å². The smallest absolute Gasteiger partial charge is 0.229 e. The number of carbonyl (C=O) groups excluding carboxylic acids is 1. The molecule has 20 heavy (non-hydrogen) atoms. The molecular weight excluding hydrogens is 256 g/mol. The first-order valence-corrected chi connectivity index (χ1v) is 6.57. The van der Waals surface area contributed by atoms with E-state index in [-0.39, 0.29) is 11.8 Å². The molecule has 5 heteroatoms. The van der Waals surface area contributed by atoms with E-state index in [1.165, 1.54) is 0 Å². The van der Waals surface area contributed by atoms with Gasteiger partial charge in [0.25, 0.3) is 0 Å². The zero-order valence-electron chi connectivity index (χ0n) is 11.8. The fraction of sp³-hybridized carbons (Fsp3) is 0.467. The van der Waals surface area contributed by atoms with Crippen molar-refractivity contribution in [1.82, 2.24) is 4.90 Å². The molecule has 5 nitrogen and oxygen atoms in total. The van der Waals surface area contributed by atoms with Gasteiger partial charge in [0.15, 0.2) is 0 Å². The number of amides is 1. The molecule has 0 aliphatic carbocycles.